The number of hydrogen-bond acceptors (Lipinski definition) is 4. The van der Waals surface area contributed by atoms with Crippen LogP contribution < -0.4 is 5.32 Å². The number of aliphatic hydroxyl groups excluding tert-OH is 1. The topological polar surface area (TPSA) is 41.5 Å². The van der Waals surface area contributed by atoms with Crippen molar-refractivity contribution in [3.05, 3.63) is 0 Å². The summed E-state index contributed by atoms with van der Waals surface area (Å²) >= 11 is 1.84. The molecule has 12 heavy (non-hydrogen) atoms. The Kier molecular flexibility index (Phi) is 4.99. The second-order valence-electron chi connectivity index (χ2n) is 2.98. The average Bonchev–Trinajstić information content (AvgIpc) is 2.46. The van der Waals surface area contributed by atoms with Gasteiger partial charge in [-0.05, 0) is 12.2 Å². The number of ether oxygens (including phenoxy) is 1. The van der Waals surface area contributed by atoms with E-state index in [1.807, 2.05) is 11.8 Å². The average molecular weight is 191 g/mol. The SMILES string of the molecule is COCCCSC1CNCC1O. The fraction of sp³-hybridized carbons (Fsp3) is 1.00. The maximum absolute atomic E-state index is 9.43. The van der Waals surface area contributed by atoms with E-state index in [9.17, 15) is 5.11 Å². The molecule has 72 valence electrons. The summed E-state index contributed by atoms with van der Waals surface area (Å²) in [6.07, 6.45) is 0.919. The van der Waals surface area contributed by atoms with Gasteiger partial charge in [-0.25, -0.2) is 0 Å². The van der Waals surface area contributed by atoms with Crippen molar-refractivity contribution in [2.45, 2.75) is 17.8 Å². The Morgan fingerprint density at radius 3 is 3.00 bits per heavy atom. The molecule has 2 N–H and O–H groups in total. The van der Waals surface area contributed by atoms with Gasteiger partial charge >= 0.3 is 0 Å². The monoisotopic (exact) mass is 191 g/mol. The van der Waals surface area contributed by atoms with Crippen LogP contribution in [0.1, 0.15) is 6.42 Å². The van der Waals surface area contributed by atoms with E-state index >= 15 is 0 Å². The number of thioether (sulfide) groups is 1. The zero-order valence-electron chi connectivity index (χ0n) is 7.45. The molecule has 2 unspecified atom stereocenters. The van der Waals surface area contributed by atoms with Crippen LogP contribution in [0.4, 0.5) is 0 Å². The number of β-amino-alcohol motifs (C(OH)–C–C–N with tert-alkyl or cyclic N) is 1. The molecule has 1 rings (SSSR count). The van der Waals surface area contributed by atoms with Crippen molar-refractivity contribution in [1.82, 2.24) is 5.32 Å². The molecule has 0 radical (unpaired) electrons. The van der Waals surface area contributed by atoms with Gasteiger partial charge in [0.05, 0.1) is 6.10 Å². The van der Waals surface area contributed by atoms with Crippen molar-refractivity contribution in [2.75, 3.05) is 32.6 Å². The quantitative estimate of drug-likeness (QED) is 0.604. The molecule has 2 atom stereocenters. The molecule has 1 aliphatic heterocycles. The summed E-state index contributed by atoms with van der Waals surface area (Å²) in [5.41, 5.74) is 0. The lowest BCUT2D eigenvalue weighted by molar-refractivity contribution is 0.197. The van der Waals surface area contributed by atoms with Crippen molar-refractivity contribution in [1.29, 1.82) is 0 Å². The smallest absolute Gasteiger partial charge is 0.0795 e. The van der Waals surface area contributed by atoms with Gasteiger partial charge in [0.15, 0.2) is 0 Å². The predicted molar refractivity (Wildman–Crippen MR) is 51.6 cm³/mol. The first-order chi connectivity index (χ1) is 5.84. The van der Waals surface area contributed by atoms with Crippen LogP contribution in [-0.4, -0.2) is 49.0 Å². The van der Waals surface area contributed by atoms with Crippen molar-refractivity contribution < 1.29 is 9.84 Å². The number of methoxy groups -OCH3 is 1. The van der Waals surface area contributed by atoms with E-state index in [1.54, 1.807) is 7.11 Å². The highest BCUT2D eigenvalue weighted by molar-refractivity contribution is 8.00. The molecule has 0 spiro atoms. The second-order valence-corrected chi connectivity index (χ2v) is 4.33. The summed E-state index contributed by atoms with van der Waals surface area (Å²) in [7, 11) is 1.72. The molecule has 4 heteroatoms. The molecule has 1 heterocycles. The fourth-order valence-corrected chi connectivity index (χ4v) is 2.39. The van der Waals surface area contributed by atoms with Gasteiger partial charge in [0.2, 0.25) is 0 Å². The first-order valence-electron chi connectivity index (χ1n) is 4.34. The van der Waals surface area contributed by atoms with Gasteiger partial charge in [0.25, 0.3) is 0 Å². The Morgan fingerprint density at radius 2 is 2.42 bits per heavy atom. The minimum absolute atomic E-state index is 0.155. The van der Waals surface area contributed by atoms with Gasteiger partial charge in [0.1, 0.15) is 0 Å². The molecular weight excluding hydrogens is 174 g/mol. The van der Waals surface area contributed by atoms with E-state index in [4.69, 9.17) is 4.74 Å². The standard InChI is InChI=1S/C8H17NO2S/c1-11-3-2-4-12-8-6-9-5-7(8)10/h7-10H,2-6H2,1H3. The van der Waals surface area contributed by atoms with Crippen LogP contribution >= 0.6 is 11.8 Å². The lowest BCUT2D eigenvalue weighted by atomic mass is 10.3. The third-order valence-corrected chi connectivity index (χ3v) is 3.39. The van der Waals surface area contributed by atoms with Gasteiger partial charge in [0, 0.05) is 32.1 Å². The Labute approximate surface area is 77.9 Å². The first kappa shape index (κ1) is 10.3. The summed E-state index contributed by atoms with van der Waals surface area (Å²) in [6.45, 7) is 2.52. The summed E-state index contributed by atoms with van der Waals surface area (Å²) < 4.78 is 4.94. The van der Waals surface area contributed by atoms with E-state index in [-0.39, 0.29) is 6.10 Å². The Bertz CT molecular complexity index is 124. The minimum Gasteiger partial charge on any atom is -0.391 e. The highest BCUT2D eigenvalue weighted by Crippen LogP contribution is 2.18. The largest absolute Gasteiger partial charge is 0.391 e. The van der Waals surface area contributed by atoms with Gasteiger partial charge in [-0.1, -0.05) is 0 Å². The van der Waals surface area contributed by atoms with E-state index in [0.29, 0.717) is 5.25 Å². The normalized spacial score (nSPS) is 29.5. The minimum atomic E-state index is -0.155. The number of nitrogens with one attached hydrogen (secondary N) is 1. The molecule has 0 saturated carbocycles. The fourth-order valence-electron chi connectivity index (χ4n) is 1.25. The van der Waals surface area contributed by atoms with Crippen molar-refractivity contribution in [2.24, 2.45) is 0 Å². The highest BCUT2D eigenvalue weighted by Gasteiger charge is 2.24. The van der Waals surface area contributed by atoms with Crippen LogP contribution in [-0.2, 0) is 4.74 Å². The summed E-state index contributed by atoms with van der Waals surface area (Å²) in [5.74, 6) is 1.08. The van der Waals surface area contributed by atoms with Gasteiger partial charge in [-0.2, -0.15) is 11.8 Å². The number of aliphatic hydroxyl groups is 1. The lowest BCUT2D eigenvalue weighted by Crippen LogP contribution is -2.20. The van der Waals surface area contributed by atoms with Crippen molar-refractivity contribution >= 4 is 11.8 Å². The number of hydrogen-bond donors (Lipinski definition) is 2. The van der Waals surface area contributed by atoms with Crippen LogP contribution in [0.3, 0.4) is 0 Å². The van der Waals surface area contributed by atoms with Crippen LogP contribution in [0.15, 0.2) is 0 Å². The van der Waals surface area contributed by atoms with E-state index < -0.39 is 0 Å². The summed E-state index contributed by atoms with van der Waals surface area (Å²) in [6, 6.07) is 0. The van der Waals surface area contributed by atoms with Crippen LogP contribution in [0.2, 0.25) is 0 Å². The molecule has 0 aromatic rings. The summed E-state index contributed by atoms with van der Waals surface area (Å²) in [4.78, 5) is 0. The zero-order chi connectivity index (χ0) is 8.81. The van der Waals surface area contributed by atoms with E-state index in [0.717, 1.165) is 31.9 Å². The molecule has 1 aliphatic rings. The van der Waals surface area contributed by atoms with Crippen LogP contribution in [0.25, 0.3) is 0 Å². The third kappa shape index (κ3) is 3.31. The zero-order valence-corrected chi connectivity index (χ0v) is 8.27. The van der Waals surface area contributed by atoms with E-state index in [2.05, 4.69) is 5.32 Å². The van der Waals surface area contributed by atoms with Crippen molar-refractivity contribution in [3.63, 3.8) is 0 Å². The Balaban J connectivity index is 1.98. The van der Waals surface area contributed by atoms with Gasteiger partial charge in [-0.15, -0.1) is 0 Å². The maximum atomic E-state index is 9.43. The predicted octanol–water partition coefficient (Wildman–Crippen LogP) is 0.0888. The maximum Gasteiger partial charge on any atom is 0.0795 e. The molecule has 0 amide bonds. The Hall–Kier alpha value is 0.230. The summed E-state index contributed by atoms with van der Waals surface area (Å²) in [5, 5.41) is 13.0. The molecule has 0 aromatic heterocycles. The highest BCUT2D eigenvalue weighted by atomic mass is 32.2. The van der Waals surface area contributed by atoms with E-state index in [1.165, 1.54) is 0 Å². The molecule has 1 saturated heterocycles. The second kappa shape index (κ2) is 5.80. The molecule has 3 nitrogen and oxygen atoms in total. The third-order valence-electron chi connectivity index (χ3n) is 1.95. The molecule has 0 aromatic carbocycles. The van der Waals surface area contributed by atoms with Crippen LogP contribution in [0.5, 0.6) is 0 Å². The Morgan fingerprint density at radius 1 is 1.58 bits per heavy atom. The first-order valence-corrected chi connectivity index (χ1v) is 5.39. The molecular formula is C8H17NO2S. The van der Waals surface area contributed by atoms with Gasteiger partial charge < -0.3 is 15.2 Å². The molecule has 1 fully saturated rings. The van der Waals surface area contributed by atoms with Gasteiger partial charge in [-0.3, -0.25) is 0 Å². The molecule has 0 bridgehead atoms. The number of rotatable bonds is 5. The molecule has 0 aliphatic carbocycles. The van der Waals surface area contributed by atoms with Crippen LogP contribution in [0, 0.1) is 0 Å². The van der Waals surface area contributed by atoms with Crippen molar-refractivity contribution in [3.8, 4) is 0 Å². The lowest BCUT2D eigenvalue weighted by Gasteiger charge is -2.11.